The average Bonchev–Trinajstić information content (AvgIpc) is 2.39. The zero-order valence-corrected chi connectivity index (χ0v) is 12.5. The number of hydrogen-bond donors (Lipinski definition) is 1. The molecular weight excluding hydrogens is 346 g/mol. The highest BCUT2D eigenvalue weighted by atomic mass is 79.9. The maximum atomic E-state index is 12.5. The Bertz CT molecular complexity index is 656. The summed E-state index contributed by atoms with van der Waals surface area (Å²) in [5.41, 5.74) is 1.74. The third kappa shape index (κ3) is 3.95. The van der Waals surface area contributed by atoms with E-state index in [4.69, 9.17) is 5.26 Å². The lowest BCUT2D eigenvalue weighted by Crippen LogP contribution is -1.94. The van der Waals surface area contributed by atoms with Gasteiger partial charge in [-0.2, -0.15) is 14.0 Å². The lowest BCUT2D eigenvalue weighted by Gasteiger charge is -2.12. The maximum absolute atomic E-state index is 12.5. The zero-order chi connectivity index (χ0) is 14.5. The second kappa shape index (κ2) is 6.73. The largest absolute Gasteiger partial charge is 0.355 e. The molecule has 0 aliphatic carbocycles. The number of alkyl halides is 2. The van der Waals surface area contributed by atoms with Crippen molar-refractivity contribution in [2.75, 3.05) is 5.32 Å². The Morgan fingerprint density at radius 3 is 2.65 bits per heavy atom. The Morgan fingerprint density at radius 1 is 1.20 bits per heavy atom. The maximum Gasteiger partial charge on any atom is 0.288 e. The number of para-hydroxylation sites is 1. The van der Waals surface area contributed by atoms with E-state index < -0.39 is 5.76 Å². The molecule has 0 aromatic heterocycles. The third-order valence-corrected chi connectivity index (χ3v) is 3.65. The van der Waals surface area contributed by atoms with Crippen molar-refractivity contribution in [1.29, 1.82) is 5.26 Å². The summed E-state index contributed by atoms with van der Waals surface area (Å²) in [4.78, 5) is 0.459. The normalized spacial score (nSPS) is 10.3. The van der Waals surface area contributed by atoms with E-state index in [1.807, 2.05) is 6.07 Å². The van der Waals surface area contributed by atoms with Gasteiger partial charge in [-0.05, 0) is 30.3 Å². The minimum atomic E-state index is -2.48. The number of rotatable bonds is 4. The fourth-order valence-corrected chi connectivity index (χ4v) is 2.74. The highest BCUT2D eigenvalue weighted by molar-refractivity contribution is 9.10. The van der Waals surface area contributed by atoms with Crippen LogP contribution in [0.3, 0.4) is 0 Å². The number of nitrogens with one attached hydrogen (secondary N) is 1. The summed E-state index contributed by atoms with van der Waals surface area (Å²) >= 11 is 3.80. The molecule has 2 aromatic rings. The highest BCUT2D eigenvalue weighted by Gasteiger charge is 2.10. The van der Waals surface area contributed by atoms with E-state index in [9.17, 15) is 8.78 Å². The van der Waals surface area contributed by atoms with Gasteiger partial charge < -0.3 is 5.32 Å². The minimum Gasteiger partial charge on any atom is -0.355 e. The van der Waals surface area contributed by atoms with Crippen LogP contribution >= 0.6 is 27.7 Å². The minimum absolute atomic E-state index is 0.459. The predicted molar refractivity (Wildman–Crippen MR) is 80.4 cm³/mol. The van der Waals surface area contributed by atoms with Crippen LogP contribution < -0.4 is 5.32 Å². The van der Waals surface area contributed by atoms with E-state index in [1.54, 1.807) is 42.5 Å². The molecule has 0 bridgehead atoms. The molecule has 102 valence electrons. The van der Waals surface area contributed by atoms with Crippen LogP contribution in [-0.2, 0) is 0 Å². The lowest BCUT2D eigenvalue weighted by atomic mass is 10.2. The van der Waals surface area contributed by atoms with Gasteiger partial charge in [0.05, 0.1) is 17.3 Å². The monoisotopic (exact) mass is 354 g/mol. The van der Waals surface area contributed by atoms with Crippen molar-refractivity contribution in [2.24, 2.45) is 0 Å². The number of hydrogen-bond acceptors (Lipinski definition) is 3. The zero-order valence-electron chi connectivity index (χ0n) is 10.1. The Hall–Kier alpha value is -1.58. The van der Waals surface area contributed by atoms with Gasteiger partial charge >= 0.3 is 0 Å². The first-order chi connectivity index (χ1) is 9.58. The third-order valence-electron chi connectivity index (χ3n) is 2.41. The predicted octanol–water partition coefficient (Wildman–Crippen LogP) is 5.38. The van der Waals surface area contributed by atoms with Crippen LogP contribution in [0.15, 0.2) is 51.8 Å². The van der Waals surface area contributed by atoms with Crippen LogP contribution in [0, 0.1) is 11.3 Å². The van der Waals surface area contributed by atoms with Gasteiger partial charge in [-0.1, -0.05) is 39.8 Å². The van der Waals surface area contributed by atoms with Crippen LogP contribution in [0.2, 0.25) is 0 Å². The molecule has 0 heterocycles. The number of nitrogens with zero attached hydrogens (tertiary/aromatic N) is 1. The van der Waals surface area contributed by atoms with Crippen molar-refractivity contribution in [3.8, 4) is 6.07 Å². The van der Waals surface area contributed by atoms with Crippen molar-refractivity contribution < 1.29 is 8.78 Å². The smallest absolute Gasteiger partial charge is 0.288 e. The summed E-state index contributed by atoms with van der Waals surface area (Å²) in [7, 11) is 0. The van der Waals surface area contributed by atoms with E-state index in [0.29, 0.717) is 33.6 Å². The molecule has 0 aliphatic heterocycles. The van der Waals surface area contributed by atoms with Gasteiger partial charge in [0, 0.05) is 15.1 Å². The van der Waals surface area contributed by atoms with E-state index in [2.05, 4.69) is 21.2 Å². The molecule has 1 N–H and O–H groups in total. The summed E-state index contributed by atoms with van der Waals surface area (Å²) in [6.45, 7) is 0. The molecule has 2 aromatic carbocycles. The van der Waals surface area contributed by atoms with E-state index in [0.717, 1.165) is 4.47 Å². The van der Waals surface area contributed by atoms with Gasteiger partial charge in [-0.25, -0.2) is 0 Å². The molecule has 2 nitrogen and oxygen atoms in total. The number of benzene rings is 2. The second-order valence-electron chi connectivity index (χ2n) is 3.84. The molecule has 0 unspecified atom stereocenters. The first-order valence-corrected chi connectivity index (χ1v) is 7.27. The number of anilines is 2. The number of thioether (sulfide) groups is 1. The van der Waals surface area contributed by atoms with E-state index in [1.165, 1.54) is 0 Å². The van der Waals surface area contributed by atoms with Crippen LogP contribution in [-0.4, -0.2) is 5.76 Å². The van der Waals surface area contributed by atoms with Gasteiger partial charge in [0.25, 0.3) is 5.76 Å². The number of nitriles is 1. The first kappa shape index (κ1) is 14.8. The Morgan fingerprint density at radius 2 is 1.95 bits per heavy atom. The standard InChI is InChI=1S/C14H9BrF2N2S/c15-10-5-9(8-18)6-11(7-10)19-12-3-1-2-4-13(12)20-14(16)17/h1-7,14,19H. The average molecular weight is 355 g/mol. The van der Waals surface area contributed by atoms with Gasteiger partial charge in [-0.15, -0.1) is 0 Å². The quantitative estimate of drug-likeness (QED) is 0.748. The molecule has 0 saturated carbocycles. The topological polar surface area (TPSA) is 35.8 Å². The molecule has 0 aliphatic rings. The summed E-state index contributed by atoms with van der Waals surface area (Å²) in [5.74, 6) is -2.48. The molecule has 2 rings (SSSR count). The molecule has 0 fully saturated rings. The van der Waals surface area contributed by atoms with E-state index >= 15 is 0 Å². The summed E-state index contributed by atoms with van der Waals surface area (Å²) in [5, 5.41) is 12.0. The Kier molecular flexibility index (Phi) is 4.99. The highest BCUT2D eigenvalue weighted by Crippen LogP contribution is 2.33. The van der Waals surface area contributed by atoms with Gasteiger partial charge in [-0.3, -0.25) is 0 Å². The van der Waals surface area contributed by atoms with Crippen LogP contribution in [0.1, 0.15) is 5.56 Å². The molecule has 0 saturated heterocycles. The van der Waals surface area contributed by atoms with Gasteiger partial charge in [0.15, 0.2) is 0 Å². The molecule has 6 heteroatoms. The van der Waals surface area contributed by atoms with Crippen LogP contribution in [0.25, 0.3) is 0 Å². The molecule has 0 amide bonds. The lowest BCUT2D eigenvalue weighted by molar-refractivity contribution is 0.252. The fraction of sp³-hybridized carbons (Fsp3) is 0.0714. The Labute approximate surface area is 127 Å². The summed E-state index contributed by atoms with van der Waals surface area (Å²) < 4.78 is 25.8. The number of halogens is 3. The van der Waals surface area contributed by atoms with Crippen molar-refractivity contribution in [3.63, 3.8) is 0 Å². The second-order valence-corrected chi connectivity index (χ2v) is 5.79. The molecular formula is C14H9BrF2N2S. The van der Waals surface area contributed by atoms with Crippen molar-refractivity contribution in [3.05, 3.63) is 52.5 Å². The molecule has 0 spiro atoms. The van der Waals surface area contributed by atoms with Crippen LogP contribution in [0.5, 0.6) is 0 Å². The Balaban J connectivity index is 2.30. The SMILES string of the molecule is N#Cc1cc(Br)cc(Nc2ccccc2SC(F)F)c1. The van der Waals surface area contributed by atoms with Crippen LogP contribution in [0.4, 0.5) is 20.2 Å². The molecule has 0 radical (unpaired) electrons. The van der Waals surface area contributed by atoms with E-state index in [-0.39, 0.29) is 0 Å². The summed E-state index contributed by atoms with van der Waals surface area (Å²) in [6, 6.07) is 14.0. The van der Waals surface area contributed by atoms with Gasteiger partial charge in [0.2, 0.25) is 0 Å². The fourth-order valence-electron chi connectivity index (χ4n) is 1.65. The van der Waals surface area contributed by atoms with Crippen molar-refractivity contribution >= 4 is 39.1 Å². The molecule has 0 atom stereocenters. The summed E-state index contributed by atoms with van der Waals surface area (Å²) in [6.07, 6.45) is 0. The van der Waals surface area contributed by atoms with Crippen molar-refractivity contribution in [1.82, 2.24) is 0 Å². The van der Waals surface area contributed by atoms with Gasteiger partial charge in [0.1, 0.15) is 0 Å². The van der Waals surface area contributed by atoms with Crippen molar-refractivity contribution in [2.45, 2.75) is 10.7 Å². The molecule has 20 heavy (non-hydrogen) atoms. The first-order valence-electron chi connectivity index (χ1n) is 5.60.